The molecule has 2 aromatic carbocycles. The zero-order valence-electron chi connectivity index (χ0n) is 20.2. The topological polar surface area (TPSA) is 98.6 Å². The van der Waals surface area contributed by atoms with Crippen LogP contribution in [0.2, 0.25) is 5.02 Å². The lowest BCUT2D eigenvalue weighted by Crippen LogP contribution is -2.53. The van der Waals surface area contributed by atoms with Gasteiger partial charge in [-0.05, 0) is 36.2 Å². The lowest BCUT2D eigenvalue weighted by Gasteiger charge is -2.43. The SMILES string of the molecule is CCC(=O)OC1CC2(C1)C(=O)N(Cc1nc3cc(Cl)ccc3n1CCCS(C)(=O)=O)c1ccccc12. The number of ether oxygens (including phenoxy) is 1. The summed E-state index contributed by atoms with van der Waals surface area (Å²) in [5.41, 5.74) is 2.61. The van der Waals surface area contributed by atoms with Gasteiger partial charge >= 0.3 is 5.97 Å². The van der Waals surface area contributed by atoms with Gasteiger partial charge in [0.05, 0.1) is 28.7 Å². The minimum atomic E-state index is -3.10. The summed E-state index contributed by atoms with van der Waals surface area (Å²) in [6.45, 7) is 2.44. The van der Waals surface area contributed by atoms with Crippen LogP contribution < -0.4 is 4.90 Å². The molecule has 190 valence electrons. The summed E-state index contributed by atoms with van der Waals surface area (Å²) in [6, 6.07) is 13.1. The lowest BCUT2D eigenvalue weighted by molar-refractivity contribution is -0.159. The van der Waals surface area contributed by atoms with E-state index in [1.165, 1.54) is 6.26 Å². The Bertz CT molecular complexity index is 1460. The number of amides is 1. The fourth-order valence-electron chi connectivity index (χ4n) is 5.37. The Hall–Kier alpha value is -2.91. The summed E-state index contributed by atoms with van der Waals surface area (Å²) in [7, 11) is -3.10. The highest BCUT2D eigenvalue weighted by atomic mass is 35.5. The largest absolute Gasteiger partial charge is 0.462 e. The van der Waals surface area contributed by atoms with Crippen molar-refractivity contribution in [2.45, 2.75) is 57.2 Å². The quantitative estimate of drug-likeness (QED) is 0.409. The molecule has 3 aromatic rings. The Labute approximate surface area is 215 Å². The predicted octanol–water partition coefficient (Wildman–Crippen LogP) is 4.02. The normalized spacial score (nSPS) is 21.1. The van der Waals surface area contributed by atoms with Gasteiger partial charge in [-0.25, -0.2) is 13.4 Å². The smallest absolute Gasteiger partial charge is 0.305 e. The van der Waals surface area contributed by atoms with E-state index in [0.29, 0.717) is 48.6 Å². The second kappa shape index (κ2) is 9.19. The average molecular weight is 530 g/mol. The van der Waals surface area contributed by atoms with Gasteiger partial charge in [0.2, 0.25) is 5.91 Å². The van der Waals surface area contributed by atoms with Crippen LogP contribution in [-0.4, -0.2) is 48.0 Å². The predicted molar refractivity (Wildman–Crippen MR) is 138 cm³/mol. The average Bonchev–Trinajstić information content (AvgIpc) is 3.25. The van der Waals surface area contributed by atoms with Crippen molar-refractivity contribution in [3.63, 3.8) is 0 Å². The minimum absolute atomic E-state index is 0.0275. The summed E-state index contributed by atoms with van der Waals surface area (Å²) >= 11 is 6.20. The fraction of sp³-hybridized carbons (Fsp3) is 0.423. The molecule has 1 amide bonds. The van der Waals surface area contributed by atoms with Gasteiger partial charge in [-0.2, -0.15) is 0 Å². The molecular weight excluding hydrogens is 502 g/mol. The summed E-state index contributed by atoms with van der Waals surface area (Å²) < 4.78 is 30.9. The van der Waals surface area contributed by atoms with Crippen molar-refractivity contribution in [2.75, 3.05) is 16.9 Å². The third kappa shape index (κ3) is 4.39. The molecule has 8 nitrogen and oxygen atoms in total. The van der Waals surface area contributed by atoms with Gasteiger partial charge in [0, 0.05) is 42.8 Å². The number of carbonyl (C=O) groups is 2. The van der Waals surface area contributed by atoms with Crippen molar-refractivity contribution in [2.24, 2.45) is 0 Å². The van der Waals surface area contributed by atoms with Crippen LogP contribution in [-0.2, 0) is 42.7 Å². The first-order valence-corrected chi connectivity index (χ1v) is 14.5. The van der Waals surface area contributed by atoms with Crippen LogP contribution in [0.4, 0.5) is 5.69 Å². The lowest BCUT2D eigenvalue weighted by atomic mass is 9.63. The molecule has 1 aromatic heterocycles. The first kappa shape index (κ1) is 24.8. The van der Waals surface area contributed by atoms with E-state index in [4.69, 9.17) is 21.3 Å². The van der Waals surface area contributed by atoms with Crippen LogP contribution in [0.5, 0.6) is 0 Å². The Morgan fingerprint density at radius 1 is 1.22 bits per heavy atom. The molecule has 0 atom stereocenters. The number of aromatic nitrogens is 2. The van der Waals surface area contributed by atoms with Gasteiger partial charge in [-0.1, -0.05) is 36.7 Å². The van der Waals surface area contributed by atoms with Crippen LogP contribution in [0.15, 0.2) is 42.5 Å². The van der Waals surface area contributed by atoms with E-state index >= 15 is 0 Å². The number of aryl methyl sites for hydroxylation is 1. The molecule has 1 spiro atoms. The van der Waals surface area contributed by atoms with Gasteiger partial charge in [0.15, 0.2) is 0 Å². The highest BCUT2D eigenvalue weighted by Gasteiger charge is 2.59. The van der Waals surface area contributed by atoms with Crippen molar-refractivity contribution in [1.82, 2.24) is 9.55 Å². The molecule has 2 heterocycles. The molecular formula is C26H28ClN3O5S. The molecule has 36 heavy (non-hydrogen) atoms. The third-order valence-electron chi connectivity index (χ3n) is 7.09. The van der Waals surface area contributed by atoms with E-state index in [0.717, 1.165) is 16.8 Å². The number of rotatable bonds is 8. The van der Waals surface area contributed by atoms with Gasteiger partial charge < -0.3 is 14.2 Å². The van der Waals surface area contributed by atoms with Crippen LogP contribution in [0.25, 0.3) is 11.0 Å². The second-order valence-corrected chi connectivity index (χ2v) is 12.4. The molecule has 1 aliphatic heterocycles. The maximum Gasteiger partial charge on any atom is 0.305 e. The maximum absolute atomic E-state index is 13.8. The van der Waals surface area contributed by atoms with E-state index in [9.17, 15) is 18.0 Å². The number of nitrogens with zero attached hydrogens (tertiary/aromatic N) is 3. The van der Waals surface area contributed by atoms with Gasteiger partial charge in [0.25, 0.3) is 0 Å². The van der Waals surface area contributed by atoms with Crippen LogP contribution in [0.1, 0.15) is 44.0 Å². The Balaban J connectivity index is 1.46. The molecule has 10 heteroatoms. The number of halogens is 1. The number of benzene rings is 2. The third-order valence-corrected chi connectivity index (χ3v) is 8.36. The summed E-state index contributed by atoms with van der Waals surface area (Å²) in [5.74, 6) is 0.438. The molecule has 1 fully saturated rings. The Morgan fingerprint density at radius 2 is 1.97 bits per heavy atom. The number of esters is 1. The Morgan fingerprint density at radius 3 is 2.69 bits per heavy atom. The molecule has 0 N–H and O–H groups in total. The van der Waals surface area contributed by atoms with Crippen LogP contribution in [0.3, 0.4) is 0 Å². The van der Waals surface area contributed by atoms with E-state index < -0.39 is 15.3 Å². The molecule has 0 unspecified atom stereocenters. The zero-order valence-corrected chi connectivity index (χ0v) is 21.8. The summed E-state index contributed by atoms with van der Waals surface area (Å²) in [6.07, 6.45) is 2.62. The molecule has 0 saturated heterocycles. The first-order chi connectivity index (χ1) is 17.1. The van der Waals surface area contributed by atoms with E-state index in [-0.39, 0.29) is 30.3 Å². The molecule has 0 bridgehead atoms. The van der Waals surface area contributed by atoms with Crippen molar-refractivity contribution in [3.05, 3.63) is 58.9 Å². The van der Waals surface area contributed by atoms with E-state index in [1.54, 1.807) is 24.0 Å². The van der Waals surface area contributed by atoms with E-state index in [2.05, 4.69) is 0 Å². The number of hydrogen-bond acceptors (Lipinski definition) is 6. The first-order valence-electron chi connectivity index (χ1n) is 12.0. The van der Waals surface area contributed by atoms with E-state index in [1.807, 2.05) is 34.9 Å². The van der Waals surface area contributed by atoms with Crippen molar-refractivity contribution in [1.29, 1.82) is 0 Å². The van der Waals surface area contributed by atoms with Crippen molar-refractivity contribution < 1.29 is 22.7 Å². The fourth-order valence-corrected chi connectivity index (χ4v) is 6.19. The summed E-state index contributed by atoms with van der Waals surface area (Å²) in [5, 5.41) is 0.554. The van der Waals surface area contributed by atoms with Crippen LogP contribution >= 0.6 is 11.6 Å². The number of para-hydroxylation sites is 1. The highest BCUT2D eigenvalue weighted by molar-refractivity contribution is 7.90. The summed E-state index contributed by atoms with van der Waals surface area (Å²) in [4.78, 5) is 32.2. The number of carbonyl (C=O) groups excluding carboxylic acids is 2. The maximum atomic E-state index is 13.8. The van der Waals surface area contributed by atoms with Gasteiger partial charge in [0.1, 0.15) is 21.8 Å². The molecule has 1 aliphatic carbocycles. The number of hydrogen-bond donors (Lipinski definition) is 0. The standard InChI is InChI=1S/C26H28ClN3O5S/c1-3-24(31)35-18-14-26(15-18)19-7-4-5-8-21(19)30(25(26)32)16-23-28-20-13-17(27)9-10-22(20)29(23)11-6-12-36(2,33)34/h4-5,7-10,13,18H,3,6,11-12,14-16H2,1-2H3. The zero-order chi connectivity index (χ0) is 25.7. The van der Waals surface area contributed by atoms with Crippen molar-refractivity contribution in [3.8, 4) is 0 Å². The highest BCUT2D eigenvalue weighted by Crippen LogP contribution is 2.54. The van der Waals surface area contributed by atoms with Gasteiger partial charge in [-0.3, -0.25) is 9.59 Å². The molecule has 1 saturated carbocycles. The number of anilines is 1. The Kier molecular flexibility index (Phi) is 6.32. The molecule has 2 aliphatic rings. The molecule has 0 radical (unpaired) electrons. The minimum Gasteiger partial charge on any atom is -0.462 e. The van der Waals surface area contributed by atoms with Gasteiger partial charge in [-0.15, -0.1) is 0 Å². The number of imidazole rings is 1. The van der Waals surface area contributed by atoms with Crippen molar-refractivity contribution >= 4 is 50.0 Å². The van der Waals surface area contributed by atoms with Crippen LogP contribution in [0, 0.1) is 0 Å². The number of sulfone groups is 1. The monoisotopic (exact) mass is 529 g/mol. The molecule has 5 rings (SSSR count). The second-order valence-electron chi connectivity index (χ2n) is 9.66. The number of fused-ring (bicyclic) bond motifs is 3.